The van der Waals surface area contributed by atoms with Gasteiger partial charge in [0.25, 0.3) is 11.8 Å². The van der Waals surface area contributed by atoms with Crippen molar-refractivity contribution in [2.24, 2.45) is 0 Å². The van der Waals surface area contributed by atoms with Gasteiger partial charge in [0.2, 0.25) is 5.91 Å². The van der Waals surface area contributed by atoms with Crippen LogP contribution in [0.25, 0.3) is 0 Å². The molecule has 0 bridgehead atoms. The zero-order chi connectivity index (χ0) is 15.1. The normalized spacial score (nSPS) is 21.2. The molecule has 1 saturated heterocycles. The maximum atomic E-state index is 12.4. The average Bonchev–Trinajstić information content (AvgIpc) is 2.91. The molecule has 6 heteroatoms. The van der Waals surface area contributed by atoms with Crippen LogP contribution in [0, 0.1) is 0 Å². The van der Waals surface area contributed by atoms with Crippen LogP contribution >= 0.6 is 0 Å². The standard InChI is InChI=1S/C15H17N3O3/c1-8(2)16-12-5-6-18(15(12)21)9-3-4-10-11(7-9)14(20)17-13(10)19/h3-4,7-8,12,16H,5-6H2,1-2H3,(H,17,19,20). The van der Waals surface area contributed by atoms with Crippen LogP contribution in [-0.2, 0) is 4.79 Å². The monoisotopic (exact) mass is 287 g/mol. The van der Waals surface area contributed by atoms with Gasteiger partial charge in [0.1, 0.15) is 0 Å². The lowest BCUT2D eigenvalue weighted by Crippen LogP contribution is -2.41. The lowest BCUT2D eigenvalue weighted by molar-refractivity contribution is -0.118. The number of nitrogens with zero attached hydrogens (tertiary/aromatic N) is 1. The number of hydrogen-bond donors (Lipinski definition) is 2. The summed E-state index contributed by atoms with van der Waals surface area (Å²) in [5, 5.41) is 5.49. The van der Waals surface area contributed by atoms with E-state index in [0.717, 1.165) is 6.42 Å². The maximum Gasteiger partial charge on any atom is 0.259 e. The highest BCUT2D eigenvalue weighted by molar-refractivity contribution is 6.22. The van der Waals surface area contributed by atoms with E-state index in [4.69, 9.17) is 0 Å². The summed E-state index contributed by atoms with van der Waals surface area (Å²) in [6.45, 7) is 4.61. The topological polar surface area (TPSA) is 78.5 Å². The number of imide groups is 1. The van der Waals surface area contributed by atoms with Crippen LogP contribution in [0.15, 0.2) is 18.2 Å². The van der Waals surface area contributed by atoms with E-state index in [2.05, 4.69) is 10.6 Å². The number of anilines is 1. The van der Waals surface area contributed by atoms with E-state index >= 15 is 0 Å². The number of hydrogen-bond acceptors (Lipinski definition) is 4. The third-order valence-electron chi connectivity index (χ3n) is 3.77. The molecule has 0 spiro atoms. The predicted octanol–water partition coefficient (Wildman–Crippen LogP) is 0.673. The highest BCUT2D eigenvalue weighted by Crippen LogP contribution is 2.26. The van der Waals surface area contributed by atoms with Gasteiger partial charge in [-0.3, -0.25) is 19.7 Å². The first-order valence-electron chi connectivity index (χ1n) is 7.04. The zero-order valence-electron chi connectivity index (χ0n) is 12.0. The first kappa shape index (κ1) is 13.8. The fourth-order valence-electron chi connectivity index (χ4n) is 2.82. The second kappa shape index (κ2) is 4.96. The Bertz CT molecular complexity index is 639. The number of rotatable bonds is 3. The Morgan fingerprint density at radius 3 is 2.62 bits per heavy atom. The zero-order valence-corrected chi connectivity index (χ0v) is 12.0. The molecule has 1 unspecified atom stereocenters. The molecule has 3 amide bonds. The van der Waals surface area contributed by atoms with Crippen molar-refractivity contribution in [1.82, 2.24) is 10.6 Å². The fraction of sp³-hybridized carbons (Fsp3) is 0.400. The van der Waals surface area contributed by atoms with Crippen molar-refractivity contribution in [3.05, 3.63) is 29.3 Å². The molecule has 1 atom stereocenters. The third-order valence-corrected chi connectivity index (χ3v) is 3.77. The molecule has 0 aromatic heterocycles. The summed E-state index contributed by atoms with van der Waals surface area (Å²) >= 11 is 0. The quantitative estimate of drug-likeness (QED) is 0.801. The molecule has 21 heavy (non-hydrogen) atoms. The molecule has 1 fully saturated rings. The summed E-state index contributed by atoms with van der Waals surface area (Å²) in [6.07, 6.45) is 0.735. The Morgan fingerprint density at radius 2 is 1.90 bits per heavy atom. The number of carbonyl (C=O) groups is 3. The molecule has 2 aliphatic heterocycles. The summed E-state index contributed by atoms with van der Waals surface area (Å²) in [5.41, 5.74) is 1.37. The summed E-state index contributed by atoms with van der Waals surface area (Å²) in [6, 6.07) is 4.98. The van der Waals surface area contributed by atoms with Gasteiger partial charge in [-0.2, -0.15) is 0 Å². The Balaban J connectivity index is 1.86. The molecule has 110 valence electrons. The van der Waals surface area contributed by atoms with Gasteiger partial charge in [-0.25, -0.2) is 0 Å². The highest BCUT2D eigenvalue weighted by atomic mass is 16.2. The van der Waals surface area contributed by atoms with Gasteiger partial charge in [-0.1, -0.05) is 13.8 Å². The molecule has 2 N–H and O–H groups in total. The molecule has 0 aliphatic carbocycles. The van der Waals surface area contributed by atoms with Gasteiger partial charge in [0.05, 0.1) is 17.2 Å². The number of carbonyl (C=O) groups excluding carboxylic acids is 3. The molecule has 1 aromatic carbocycles. The van der Waals surface area contributed by atoms with E-state index in [-0.39, 0.29) is 23.9 Å². The molecule has 2 heterocycles. The number of amides is 3. The molecule has 3 rings (SSSR count). The van der Waals surface area contributed by atoms with Crippen LogP contribution in [-0.4, -0.2) is 36.3 Å². The first-order valence-corrected chi connectivity index (χ1v) is 7.04. The van der Waals surface area contributed by atoms with Gasteiger partial charge in [-0.15, -0.1) is 0 Å². The van der Waals surface area contributed by atoms with Gasteiger partial charge in [0.15, 0.2) is 0 Å². The molecule has 6 nitrogen and oxygen atoms in total. The van der Waals surface area contributed by atoms with Gasteiger partial charge >= 0.3 is 0 Å². The minimum absolute atomic E-state index is 0.00776. The Morgan fingerprint density at radius 1 is 1.19 bits per heavy atom. The van der Waals surface area contributed by atoms with Crippen LogP contribution in [0.2, 0.25) is 0 Å². The van der Waals surface area contributed by atoms with Gasteiger partial charge in [-0.05, 0) is 24.6 Å². The van der Waals surface area contributed by atoms with Crippen LogP contribution in [0.1, 0.15) is 41.0 Å². The fourth-order valence-corrected chi connectivity index (χ4v) is 2.82. The lowest BCUT2D eigenvalue weighted by Gasteiger charge is -2.19. The highest BCUT2D eigenvalue weighted by Gasteiger charge is 2.34. The Kier molecular flexibility index (Phi) is 3.25. The maximum absolute atomic E-state index is 12.4. The molecular weight excluding hydrogens is 270 g/mol. The lowest BCUT2D eigenvalue weighted by atomic mass is 10.1. The molecular formula is C15H17N3O3. The van der Waals surface area contributed by atoms with Gasteiger partial charge in [0, 0.05) is 18.3 Å². The van der Waals surface area contributed by atoms with Crippen LogP contribution in [0.5, 0.6) is 0 Å². The second-order valence-electron chi connectivity index (χ2n) is 5.67. The van der Waals surface area contributed by atoms with Crippen LogP contribution < -0.4 is 15.5 Å². The van der Waals surface area contributed by atoms with Crippen molar-refractivity contribution in [3.63, 3.8) is 0 Å². The minimum Gasteiger partial charge on any atom is -0.311 e. The average molecular weight is 287 g/mol. The van der Waals surface area contributed by atoms with Crippen LogP contribution in [0.3, 0.4) is 0 Å². The van der Waals surface area contributed by atoms with E-state index in [9.17, 15) is 14.4 Å². The van der Waals surface area contributed by atoms with E-state index < -0.39 is 5.91 Å². The van der Waals surface area contributed by atoms with Crippen molar-refractivity contribution < 1.29 is 14.4 Å². The van der Waals surface area contributed by atoms with Crippen molar-refractivity contribution >= 4 is 23.4 Å². The SMILES string of the molecule is CC(C)NC1CCN(c2ccc3c(c2)C(=O)NC3=O)C1=O. The third kappa shape index (κ3) is 2.31. The smallest absolute Gasteiger partial charge is 0.259 e. The molecule has 1 aromatic rings. The summed E-state index contributed by atoms with van der Waals surface area (Å²) in [5.74, 6) is -0.776. The minimum atomic E-state index is -0.402. The predicted molar refractivity (Wildman–Crippen MR) is 77.3 cm³/mol. The largest absolute Gasteiger partial charge is 0.311 e. The van der Waals surface area contributed by atoms with E-state index in [1.807, 2.05) is 13.8 Å². The van der Waals surface area contributed by atoms with Crippen LogP contribution in [0.4, 0.5) is 5.69 Å². The first-order chi connectivity index (χ1) is 9.97. The molecule has 0 radical (unpaired) electrons. The Labute approximate surface area is 122 Å². The van der Waals surface area contributed by atoms with E-state index in [1.54, 1.807) is 23.1 Å². The van der Waals surface area contributed by atoms with E-state index in [0.29, 0.717) is 23.4 Å². The summed E-state index contributed by atoms with van der Waals surface area (Å²) in [4.78, 5) is 37.3. The van der Waals surface area contributed by atoms with Crippen molar-refractivity contribution in [2.45, 2.75) is 32.4 Å². The number of nitrogens with one attached hydrogen (secondary N) is 2. The van der Waals surface area contributed by atoms with E-state index in [1.165, 1.54) is 0 Å². The second-order valence-corrected chi connectivity index (χ2v) is 5.67. The van der Waals surface area contributed by atoms with Gasteiger partial charge < -0.3 is 10.2 Å². The van der Waals surface area contributed by atoms with Crippen molar-refractivity contribution in [1.29, 1.82) is 0 Å². The number of benzene rings is 1. The van der Waals surface area contributed by atoms with Crippen molar-refractivity contribution in [2.75, 3.05) is 11.4 Å². The molecule has 2 aliphatic rings. The molecule has 0 saturated carbocycles. The number of fused-ring (bicyclic) bond motifs is 1. The summed E-state index contributed by atoms with van der Waals surface area (Å²) in [7, 11) is 0. The Hall–Kier alpha value is -2.21. The summed E-state index contributed by atoms with van der Waals surface area (Å²) < 4.78 is 0. The van der Waals surface area contributed by atoms with Crippen molar-refractivity contribution in [3.8, 4) is 0 Å².